The van der Waals surface area contributed by atoms with Crippen molar-refractivity contribution in [2.45, 2.75) is 38.6 Å². The number of halogens is 2. The quantitative estimate of drug-likeness (QED) is 0.747. The highest BCUT2D eigenvalue weighted by Crippen LogP contribution is 2.28. The molecular formula is C18H21BrClN. The summed E-state index contributed by atoms with van der Waals surface area (Å²) in [5.41, 5.74) is 10.1. The Morgan fingerprint density at radius 2 is 1.71 bits per heavy atom. The van der Waals surface area contributed by atoms with E-state index in [2.05, 4.69) is 61.0 Å². The second kappa shape index (κ2) is 6.51. The molecule has 21 heavy (non-hydrogen) atoms. The number of benzene rings is 2. The summed E-state index contributed by atoms with van der Waals surface area (Å²) in [5, 5.41) is 0.715. The Bertz CT molecular complexity index is 614. The minimum absolute atomic E-state index is 0.0708. The lowest BCUT2D eigenvalue weighted by Crippen LogP contribution is -2.15. The first kappa shape index (κ1) is 16.5. The van der Waals surface area contributed by atoms with Crippen LogP contribution in [0.3, 0.4) is 0 Å². The van der Waals surface area contributed by atoms with Gasteiger partial charge in [-0.15, -0.1) is 0 Å². The van der Waals surface area contributed by atoms with Gasteiger partial charge in [0, 0.05) is 15.5 Å². The zero-order valence-electron chi connectivity index (χ0n) is 12.7. The van der Waals surface area contributed by atoms with E-state index in [1.807, 2.05) is 18.2 Å². The molecule has 0 heterocycles. The first-order valence-corrected chi connectivity index (χ1v) is 8.24. The van der Waals surface area contributed by atoms with Crippen molar-refractivity contribution in [1.82, 2.24) is 0 Å². The van der Waals surface area contributed by atoms with Gasteiger partial charge in [0.2, 0.25) is 0 Å². The van der Waals surface area contributed by atoms with Crippen LogP contribution in [0, 0.1) is 0 Å². The van der Waals surface area contributed by atoms with Gasteiger partial charge in [-0.05, 0) is 46.7 Å². The smallest absolute Gasteiger partial charge is 0.0410 e. The van der Waals surface area contributed by atoms with Gasteiger partial charge in [-0.25, -0.2) is 0 Å². The molecule has 0 aliphatic heterocycles. The Morgan fingerprint density at radius 1 is 1.10 bits per heavy atom. The predicted molar refractivity (Wildman–Crippen MR) is 94.9 cm³/mol. The maximum atomic E-state index is 6.33. The third kappa shape index (κ3) is 4.32. The van der Waals surface area contributed by atoms with Crippen molar-refractivity contribution in [2.24, 2.45) is 5.73 Å². The minimum Gasteiger partial charge on any atom is -0.324 e. The third-order valence-corrected chi connectivity index (χ3v) is 4.59. The van der Waals surface area contributed by atoms with Crippen LogP contribution in [0.2, 0.25) is 5.02 Å². The maximum Gasteiger partial charge on any atom is 0.0410 e. The molecule has 0 aromatic heterocycles. The fourth-order valence-corrected chi connectivity index (χ4v) is 3.02. The molecule has 0 amide bonds. The van der Waals surface area contributed by atoms with E-state index < -0.39 is 0 Å². The molecular weight excluding hydrogens is 346 g/mol. The Hall–Kier alpha value is -0.830. The molecule has 0 bridgehead atoms. The molecule has 1 nitrogen and oxygen atoms in total. The van der Waals surface area contributed by atoms with E-state index in [1.165, 1.54) is 11.1 Å². The van der Waals surface area contributed by atoms with Gasteiger partial charge in [0.15, 0.2) is 0 Å². The first-order chi connectivity index (χ1) is 9.77. The summed E-state index contributed by atoms with van der Waals surface area (Å²) >= 11 is 9.60. The van der Waals surface area contributed by atoms with Crippen LogP contribution in [0.4, 0.5) is 0 Å². The SMILES string of the molecule is CC(C)(C)c1ccc(CC(N)c2cc(Cl)ccc2Br)cc1. The van der Waals surface area contributed by atoms with Crippen LogP contribution < -0.4 is 5.73 Å². The zero-order chi connectivity index (χ0) is 15.6. The summed E-state index contributed by atoms with van der Waals surface area (Å²) in [5.74, 6) is 0. The average Bonchev–Trinajstić information content (AvgIpc) is 2.41. The van der Waals surface area contributed by atoms with Crippen LogP contribution in [0.25, 0.3) is 0 Å². The molecule has 0 saturated carbocycles. The highest BCUT2D eigenvalue weighted by Gasteiger charge is 2.15. The number of nitrogens with two attached hydrogens (primary N) is 1. The molecule has 3 heteroatoms. The highest BCUT2D eigenvalue weighted by molar-refractivity contribution is 9.10. The largest absolute Gasteiger partial charge is 0.324 e. The van der Waals surface area contributed by atoms with Crippen LogP contribution in [-0.4, -0.2) is 0 Å². The normalized spacial score (nSPS) is 13.2. The second-order valence-electron chi connectivity index (χ2n) is 6.42. The average molecular weight is 367 g/mol. The molecule has 2 N–H and O–H groups in total. The molecule has 2 aromatic rings. The van der Waals surface area contributed by atoms with Gasteiger partial charge in [0.1, 0.15) is 0 Å². The molecule has 1 unspecified atom stereocenters. The predicted octanol–water partition coefficient (Wildman–Crippen LogP) is 5.64. The standard InChI is InChI=1S/C18H21BrClN/c1-18(2,3)13-6-4-12(5-7-13)10-17(21)15-11-14(20)8-9-16(15)19/h4-9,11,17H,10,21H2,1-3H3. The molecule has 0 aliphatic rings. The number of hydrogen-bond acceptors (Lipinski definition) is 1. The van der Waals surface area contributed by atoms with Crippen molar-refractivity contribution in [1.29, 1.82) is 0 Å². The van der Waals surface area contributed by atoms with Gasteiger partial charge in [-0.2, -0.15) is 0 Å². The number of hydrogen-bond donors (Lipinski definition) is 1. The van der Waals surface area contributed by atoms with Gasteiger partial charge in [0.05, 0.1) is 0 Å². The molecule has 0 spiro atoms. The van der Waals surface area contributed by atoms with Crippen LogP contribution in [0.15, 0.2) is 46.9 Å². The molecule has 112 valence electrons. The van der Waals surface area contributed by atoms with Crippen LogP contribution in [0.1, 0.15) is 43.5 Å². The Kier molecular flexibility index (Phi) is 5.13. The lowest BCUT2D eigenvalue weighted by Gasteiger charge is -2.20. The van der Waals surface area contributed by atoms with Crippen molar-refractivity contribution < 1.29 is 0 Å². The summed E-state index contributed by atoms with van der Waals surface area (Å²) in [6.45, 7) is 6.66. The van der Waals surface area contributed by atoms with Gasteiger partial charge in [0.25, 0.3) is 0 Å². The third-order valence-electron chi connectivity index (χ3n) is 3.63. The summed E-state index contributed by atoms with van der Waals surface area (Å²) < 4.78 is 1.01. The van der Waals surface area contributed by atoms with E-state index >= 15 is 0 Å². The molecule has 0 radical (unpaired) electrons. The fraction of sp³-hybridized carbons (Fsp3) is 0.333. The molecule has 2 aromatic carbocycles. The lowest BCUT2D eigenvalue weighted by molar-refractivity contribution is 0.589. The fourth-order valence-electron chi connectivity index (χ4n) is 2.30. The van der Waals surface area contributed by atoms with E-state index in [0.717, 1.165) is 16.5 Å². The summed E-state index contributed by atoms with van der Waals surface area (Å²) in [6, 6.07) is 14.4. The van der Waals surface area contributed by atoms with Crippen LogP contribution in [-0.2, 0) is 11.8 Å². The maximum absolute atomic E-state index is 6.33. The Morgan fingerprint density at radius 3 is 2.29 bits per heavy atom. The topological polar surface area (TPSA) is 26.0 Å². The Labute approximate surface area is 140 Å². The van der Waals surface area contributed by atoms with Gasteiger partial charge < -0.3 is 5.73 Å². The molecule has 2 rings (SSSR count). The monoisotopic (exact) mass is 365 g/mol. The summed E-state index contributed by atoms with van der Waals surface area (Å²) in [4.78, 5) is 0. The van der Waals surface area contributed by atoms with Crippen LogP contribution in [0.5, 0.6) is 0 Å². The highest BCUT2D eigenvalue weighted by atomic mass is 79.9. The van der Waals surface area contributed by atoms with Gasteiger partial charge >= 0.3 is 0 Å². The van der Waals surface area contributed by atoms with Crippen molar-refractivity contribution in [3.8, 4) is 0 Å². The van der Waals surface area contributed by atoms with E-state index in [4.69, 9.17) is 17.3 Å². The summed E-state index contributed by atoms with van der Waals surface area (Å²) in [7, 11) is 0. The van der Waals surface area contributed by atoms with E-state index in [-0.39, 0.29) is 11.5 Å². The van der Waals surface area contributed by atoms with Gasteiger partial charge in [-0.3, -0.25) is 0 Å². The Balaban J connectivity index is 2.16. The van der Waals surface area contributed by atoms with Gasteiger partial charge in [-0.1, -0.05) is 72.6 Å². The first-order valence-electron chi connectivity index (χ1n) is 7.07. The van der Waals surface area contributed by atoms with E-state index in [0.29, 0.717) is 5.02 Å². The second-order valence-corrected chi connectivity index (χ2v) is 7.71. The number of rotatable bonds is 3. The zero-order valence-corrected chi connectivity index (χ0v) is 15.0. The molecule has 0 fully saturated rings. The summed E-state index contributed by atoms with van der Waals surface area (Å²) in [6.07, 6.45) is 0.795. The van der Waals surface area contributed by atoms with Crippen molar-refractivity contribution >= 4 is 27.5 Å². The van der Waals surface area contributed by atoms with Crippen LogP contribution >= 0.6 is 27.5 Å². The van der Waals surface area contributed by atoms with Crippen molar-refractivity contribution in [3.63, 3.8) is 0 Å². The van der Waals surface area contributed by atoms with Crippen molar-refractivity contribution in [3.05, 3.63) is 68.7 Å². The molecule has 1 atom stereocenters. The molecule has 0 saturated heterocycles. The van der Waals surface area contributed by atoms with E-state index in [9.17, 15) is 0 Å². The molecule has 0 aliphatic carbocycles. The van der Waals surface area contributed by atoms with Crippen molar-refractivity contribution in [2.75, 3.05) is 0 Å². The lowest BCUT2D eigenvalue weighted by atomic mass is 9.86. The minimum atomic E-state index is -0.0708. The van der Waals surface area contributed by atoms with E-state index in [1.54, 1.807) is 0 Å².